The summed E-state index contributed by atoms with van der Waals surface area (Å²) in [6.45, 7) is 6.93. The van der Waals surface area contributed by atoms with Gasteiger partial charge >= 0.3 is 0 Å². The maximum atomic E-state index is 12.8. The molecule has 0 bridgehead atoms. The number of nitrogens with one attached hydrogen (secondary N) is 2. The Morgan fingerprint density at radius 1 is 1.23 bits per heavy atom. The summed E-state index contributed by atoms with van der Waals surface area (Å²) in [5.74, 6) is -0.266. The van der Waals surface area contributed by atoms with Crippen molar-refractivity contribution in [3.05, 3.63) is 23.8 Å². The highest BCUT2D eigenvalue weighted by atomic mass is 16.5. The van der Waals surface area contributed by atoms with E-state index in [2.05, 4.69) is 15.5 Å². The summed E-state index contributed by atoms with van der Waals surface area (Å²) in [6, 6.07) is 5.62. The predicted molar refractivity (Wildman–Crippen MR) is 103 cm³/mol. The normalized spacial score (nSPS) is 19.8. The third-order valence-electron chi connectivity index (χ3n) is 4.99. The van der Waals surface area contributed by atoms with E-state index in [9.17, 15) is 9.59 Å². The van der Waals surface area contributed by atoms with Gasteiger partial charge in [0.2, 0.25) is 5.91 Å². The molecule has 0 aliphatic carbocycles. The number of benzene rings is 1. The summed E-state index contributed by atoms with van der Waals surface area (Å²) in [7, 11) is 0. The molecule has 6 nitrogen and oxygen atoms in total. The highest BCUT2D eigenvalue weighted by Crippen LogP contribution is 2.28. The molecule has 2 heterocycles. The highest BCUT2D eigenvalue weighted by Gasteiger charge is 2.22. The highest BCUT2D eigenvalue weighted by molar-refractivity contribution is 6.02. The predicted octanol–water partition coefficient (Wildman–Crippen LogP) is 2.79. The van der Waals surface area contributed by atoms with Crippen molar-refractivity contribution in [1.82, 2.24) is 5.32 Å². The average Bonchev–Trinajstić information content (AvgIpc) is 3.33. The number of carbonyl (C=O) groups is 2. The zero-order valence-corrected chi connectivity index (χ0v) is 15.7. The molecule has 2 N–H and O–H groups in total. The quantitative estimate of drug-likeness (QED) is 0.819. The van der Waals surface area contributed by atoms with Crippen molar-refractivity contribution in [2.24, 2.45) is 5.92 Å². The molecule has 2 aliphatic heterocycles. The topological polar surface area (TPSA) is 70.7 Å². The first kappa shape index (κ1) is 18.7. The molecule has 0 radical (unpaired) electrons. The van der Waals surface area contributed by atoms with Crippen molar-refractivity contribution in [1.29, 1.82) is 0 Å². The van der Waals surface area contributed by atoms with E-state index in [1.807, 2.05) is 26.0 Å². The van der Waals surface area contributed by atoms with Crippen molar-refractivity contribution in [2.75, 3.05) is 36.5 Å². The smallest absolute Gasteiger partial charge is 0.253 e. The maximum absolute atomic E-state index is 12.8. The molecular weight excluding hydrogens is 330 g/mol. The SMILES string of the molecule is CC(C)C(=O)Nc1ccc(N2CCCC2)c(C(=O)NCC2CCCO2)c1. The van der Waals surface area contributed by atoms with Gasteiger partial charge in [0, 0.05) is 43.5 Å². The van der Waals surface area contributed by atoms with Crippen LogP contribution in [0.5, 0.6) is 0 Å². The third-order valence-corrected chi connectivity index (χ3v) is 4.99. The van der Waals surface area contributed by atoms with Crippen LogP contribution < -0.4 is 15.5 Å². The van der Waals surface area contributed by atoms with Crippen LogP contribution in [0.2, 0.25) is 0 Å². The van der Waals surface area contributed by atoms with E-state index < -0.39 is 0 Å². The van der Waals surface area contributed by atoms with Gasteiger partial charge in [0.1, 0.15) is 0 Å². The Hall–Kier alpha value is -2.08. The first-order valence-electron chi connectivity index (χ1n) is 9.64. The fourth-order valence-corrected chi connectivity index (χ4v) is 3.42. The van der Waals surface area contributed by atoms with Crippen LogP contribution in [0, 0.1) is 5.92 Å². The first-order valence-corrected chi connectivity index (χ1v) is 9.64. The van der Waals surface area contributed by atoms with Crippen LogP contribution >= 0.6 is 0 Å². The van der Waals surface area contributed by atoms with E-state index in [0.29, 0.717) is 17.8 Å². The Morgan fingerprint density at radius 3 is 2.65 bits per heavy atom. The van der Waals surface area contributed by atoms with Crippen molar-refractivity contribution in [3.63, 3.8) is 0 Å². The van der Waals surface area contributed by atoms with Gasteiger partial charge in [0.05, 0.1) is 11.7 Å². The molecule has 0 aromatic heterocycles. The molecule has 26 heavy (non-hydrogen) atoms. The molecule has 1 atom stereocenters. The first-order chi connectivity index (χ1) is 12.5. The maximum Gasteiger partial charge on any atom is 0.253 e. The molecule has 0 spiro atoms. The minimum Gasteiger partial charge on any atom is -0.376 e. The molecule has 6 heteroatoms. The summed E-state index contributed by atoms with van der Waals surface area (Å²) in [5, 5.41) is 5.89. The van der Waals surface area contributed by atoms with Gasteiger partial charge in [-0.1, -0.05) is 13.8 Å². The van der Waals surface area contributed by atoms with Crippen molar-refractivity contribution >= 4 is 23.2 Å². The van der Waals surface area contributed by atoms with Gasteiger partial charge in [-0.05, 0) is 43.9 Å². The van der Waals surface area contributed by atoms with E-state index in [1.54, 1.807) is 6.07 Å². The minimum atomic E-state index is -0.108. The lowest BCUT2D eigenvalue weighted by molar-refractivity contribution is -0.118. The summed E-state index contributed by atoms with van der Waals surface area (Å²) >= 11 is 0. The third kappa shape index (κ3) is 4.55. The standard InChI is InChI=1S/C20H29N3O3/c1-14(2)19(24)22-15-7-8-18(23-9-3-4-10-23)17(12-15)20(25)21-13-16-6-5-11-26-16/h7-8,12,14,16H,3-6,9-11,13H2,1-2H3,(H,21,25)(H,22,24). The number of nitrogens with zero attached hydrogens (tertiary/aromatic N) is 1. The number of amides is 2. The summed E-state index contributed by atoms with van der Waals surface area (Å²) in [4.78, 5) is 27.1. The molecule has 2 amide bonds. The van der Waals surface area contributed by atoms with Crippen LogP contribution in [-0.2, 0) is 9.53 Å². The fraction of sp³-hybridized carbons (Fsp3) is 0.600. The van der Waals surface area contributed by atoms with Crippen LogP contribution in [0.15, 0.2) is 18.2 Å². The van der Waals surface area contributed by atoms with Crippen LogP contribution in [0.25, 0.3) is 0 Å². The number of ether oxygens (including phenoxy) is 1. The molecule has 1 aromatic carbocycles. The van der Waals surface area contributed by atoms with Crippen molar-refractivity contribution in [3.8, 4) is 0 Å². The Morgan fingerprint density at radius 2 is 2.00 bits per heavy atom. The summed E-state index contributed by atoms with van der Waals surface area (Å²) in [6.07, 6.45) is 4.43. The Kier molecular flexibility index (Phi) is 6.14. The van der Waals surface area contributed by atoms with E-state index in [1.165, 1.54) is 0 Å². The lowest BCUT2D eigenvalue weighted by Crippen LogP contribution is -2.33. The van der Waals surface area contributed by atoms with Gasteiger partial charge in [0.25, 0.3) is 5.91 Å². The van der Waals surface area contributed by atoms with E-state index in [-0.39, 0.29) is 23.8 Å². The molecule has 1 aromatic rings. The molecule has 1 unspecified atom stereocenters. The van der Waals surface area contributed by atoms with Gasteiger partial charge in [-0.3, -0.25) is 9.59 Å². The molecule has 2 saturated heterocycles. The Balaban J connectivity index is 1.77. The molecule has 0 saturated carbocycles. The number of hydrogen-bond acceptors (Lipinski definition) is 4. The summed E-state index contributed by atoms with van der Waals surface area (Å²) < 4.78 is 5.59. The second-order valence-electron chi connectivity index (χ2n) is 7.42. The Labute approximate surface area is 155 Å². The second-order valence-corrected chi connectivity index (χ2v) is 7.42. The molecule has 3 rings (SSSR count). The molecule has 2 fully saturated rings. The second kappa shape index (κ2) is 8.54. The Bertz CT molecular complexity index is 648. The van der Waals surface area contributed by atoms with E-state index >= 15 is 0 Å². The zero-order valence-electron chi connectivity index (χ0n) is 15.7. The average molecular weight is 359 g/mol. The number of hydrogen-bond donors (Lipinski definition) is 2. The van der Waals surface area contributed by atoms with E-state index in [0.717, 1.165) is 51.1 Å². The van der Waals surface area contributed by atoms with E-state index in [4.69, 9.17) is 4.74 Å². The number of rotatable bonds is 6. The van der Waals surface area contributed by atoms with Crippen LogP contribution in [-0.4, -0.2) is 44.2 Å². The van der Waals surface area contributed by atoms with Gasteiger partial charge < -0.3 is 20.3 Å². The van der Waals surface area contributed by atoms with Gasteiger partial charge in [-0.15, -0.1) is 0 Å². The molecule has 2 aliphatic rings. The van der Waals surface area contributed by atoms with Gasteiger partial charge in [-0.2, -0.15) is 0 Å². The fourth-order valence-electron chi connectivity index (χ4n) is 3.42. The van der Waals surface area contributed by atoms with Crippen LogP contribution in [0.1, 0.15) is 49.9 Å². The largest absolute Gasteiger partial charge is 0.376 e. The van der Waals surface area contributed by atoms with Crippen molar-refractivity contribution in [2.45, 2.75) is 45.6 Å². The lowest BCUT2D eigenvalue weighted by Gasteiger charge is -2.22. The molecular formula is C20H29N3O3. The van der Waals surface area contributed by atoms with Gasteiger partial charge in [0.15, 0.2) is 0 Å². The lowest BCUT2D eigenvalue weighted by atomic mass is 10.1. The summed E-state index contributed by atoms with van der Waals surface area (Å²) in [5.41, 5.74) is 2.22. The van der Waals surface area contributed by atoms with Crippen molar-refractivity contribution < 1.29 is 14.3 Å². The molecule has 142 valence electrons. The van der Waals surface area contributed by atoms with Crippen LogP contribution in [0.4, 0.5) is 11.4 Å². The minimum absolute atomic E-state index is 0.0513. The van der Waals surface area contributed by atoms with Crippen LogP contribution in [0.3, 0.4) is 0 Å². The number of anilines is 2. The monoisotopic (exact) mass is 359 g/mol. The number of carbonyl (C=O) groups excluding carboxylic acids is 2. The zero-order chi connectivity index (χ0) is 18.5. The van der Waals surface area contributed by atoms with Gasteiger partial charge in [-0.25, -0.2) is 0 Å².